The predicted molar refractivity (Wildman–Crippen MR) is 161 cm³/mol. The van der Waals surface area contributed by atoms with Crippen molar-refractivity contribution in [1.82, 2.24) is 14.8 Å². The molecule has 0 aliphatic carbocycles. The van der Waals surface area contributed by atoms with Crippen LogP contribution >= 0.6 is 35.0 Å². The zero-order valence-electron chi connectivity index (χ0n) is 23.0. The Morgan fingerprint density at radius 1 is 1.07 bits per heavy atom. The van der Waals surface area contributed by atoms with Crippen molar-refractivity contribution in [3.8, 4) is 11.5 Å². The largest absolute Gasteiger partial charge is 0.490 e. The van der Waals surface area contributed by atoms with Crippen molar-refractivity contribution in [1.29, 1.82) is 0 Å². The Balaban J connectivity index is 1.49. The first-order valence-corrected chi connectivity index (χ1v) is 14.8. The van der Waals surface area contributed by atoms with Gasteiger partial charge in [0.2, 0.25) is 11.1 Å². The van der Waals surface area contributed by atoms with Gasteiger partial charge in [-0.2, -0.15) is 4.98 Å². The molecule has 1 N–H and O–H groups in total. The van der Waals surface area contributed by atoms with Gasteiger partial charge in [0.1, 0.15) is 18.5 Å². The minimum atomic E-state index is -0.676. The van der Waals surface area contributed by atoms with E-state index in [-0.39, 0.29) is 17.2 Å². The third-order valence-electron chi connectivity index (χ3n) is 6.57. The second-order valence-corrected chi connectivity index (χ2v) is 11.0. The summed E-state index contributed by atoms with van der Waals surface area (Å²) in [6.45, 7) is 3.89. The van der Waals surface area contributed by atoms with Gasteiger partial charge >= 0.3 is 5.97 Å². The molecule has 0 saturated carbocycles. The molecule has 3 aromatic carbocycles. The predicted octanol–water partition coefficient (Wildman–Crippen LogP) is 7.46. The van der Waals surface area contributed by atoms with Gasteiger partial charge in [-0.3, -0.25) is 0 Å². The van der Waals surface area contributed by atoms with E-state index in [1.54, 1.807) is 35.9 Å². The Kier molecular flexibility index (Phi) is 9.25. The zero-order chi connectivity index (χ0) is 29.8. The Labute approximate surface area is 256 Å². The molecule has 0 bridgehead atoms. The Morgan fingerprint density at radius 2 is 1.86 bits per heavy atom. The van der Waals surface area contributed by atoms with Crippen LogP contribution in [0.25, 0.3) is 0 Å². The fraction of sp³-hybridized carbons (Fsp3) is 0.233. The summed E-state index contributed by atoms with van der Waals surface area (Å²) >= 11 is 13.9. The number of ether oxygens (including phenoxy) is 3. The first-order valence-electron chi connectivity index (χ1n) is 13.0. The van der Waals surface area contributed by atoms with Gasteiger partial charge in [-0.05, 0) is 55.3 Å². The molecule has 42 heavy (non-hydrogen) atoms. The molecule has 1 unspecified atom stereocenters. The molecule has 1 aliphatic rings. The molecule has 0 spiro atoms. The van der Waals surface area contributed by atoms with Gasteiger partial charge in [-0.25, -0.2) is 13.9 Å². The minimum absolute atomic E-state index is 0.0933. The smallest absolute Gasteiger partial charge is 0.338 e. The van der Waals surface area contributed by atoms with Crippen LogP contribution in [0.5, 0.6) is 11.5 Å². The number of nitrogens with zero attached hydrogens (tertiary/aromatic N) is 3. The molecule has 0 amide bonds. The van der Waals surface area contributed by atoms with E-state index in [0.29, 0.717) is 56.8 Å². The fourth-order valence-corrected chi connectivity index (χ4v) is 5.87. The van der Waals surface area contributed by atoms with Crippen molar-refractivity contribution < 1.29 is 23.4 Å². The molecule has 8 nitrogen and oxygen atoms in total. The number of carbonyl (C=O) groups excluding carboxylic acids is 1. The third-order valence-corrected chi connectivity index (χ3v) is 8.18. The summed E-state index contributed by atoms with van der Waals surface area (Å²) < 4.78 is 33.0. The molecule has 218 valence electrons. The number of allylic oxidation sites excluding steroid dienone is 1. The van der Waals surface area contributed by atoms with Gasteiger partial charge in [0.25, 0.3) is 0 Å². The number of aromatic nitrogens is 3. The number of carbonyl (C=O) groups is 1. The molecule has 0 saturated heterocycles. The summed E-state index contributed by atoms with van der Waals surface area (Å²) in [6.07, 6.45) is 0. The third kappa shape index (κ3) is 6.21. The number of methoxy groups -OCH3 is 1. The molecule has 0 fully saturated rings. The lowest BCUT2D eigenvalue weighted by molar-refractivity contribution is -0.136. The Bertz CT molecular complexity index is 1640. The molecule has 0 radical (unpaired) electrons. The van der Waals surface area contributed by atoms with Gasteiger partial charge in [0, 0.05) is 22.0 Å². The number of thioether (sulfide) groups is 1. The van der Waals surface area contributed by atoms with Crippen molar-refractivity contribution >= 4 is 46.9 Å². The van der Waals surface area contributed by atoms with Crippen LogP contribution in [0.2, 0.25) is 10.0 Å². The van der Waals surface area contributed by atoms with E-state index in [1.165, 1.54) is 31.0 Å². The van der Waals surface area contributed by atoms with Crippen molar-refractivity contribution in [2.45, 2.75) is 37.4 Å². The van der Waals surface area contributed by atoms with E-state index in [4.69, 9.17) is 42.5 Å². The van der Waals surface area contributed by atoms with Crippen LogP contribution in [0.4, 0.5) is 10.3 Å². The van der Waals surface area contributed by atoms with Gasteiger partial charge < -0.3 is 19.5 Å². The van der Waals surface area contributed by atoms with Crippen LogP contribution in [0.1, 0.15) is 36.6 Å². The highest BCUT2D eigenvalue weighted by atomic mass is 35.5. The van der Waals surface area contributed by atoms with Crippen LogP contribution in [0, 0.1) is 5.82 Å². The number of rotatable bonds is 10. The number of nitrogens with one attached hydrogen (secondary N) is 1. The first kappa shape index (κ1) is 29.8. The van der Waals surface area contributed by atoms with Gasteiger partial charge in [-0.1, -0.05) is 65.3 Å². The van der Waals surface area contributed by atoms with E-state index in [1.807, 2.05) is 31.2 Å². The molecule has 4 aromatic rings. The maximum Gasteiger partial charge on any atom is 0.338 e. The summed E-state index contributed by atoms with van der Waals surface area (Å²) in [7, 11) is 1.33. The summed E-state index contributed by atoms with van der Waals surface area (Å²) in [5.41, 5.74) is 2.84. The monoisotopic (exact) mass is 628 g/mol. The van der Waals surface area contributed by atoms with Crippen LogP contribution in [0.3, 0.4) is 0 Å². The lowest BCUT2D eigenvalue weighted by Gasteiger charge is -2.28. The number of benzene rings is 3. The number of fused-ring (bicyclic) bond motifs is 1. The summed E-state index contributed by atoms with van der Waals surface area (Å²) in [5.74, 6) is 0.874. The quantitative estimate of drug-likeness (QED) is 0.143. The zero-order valence-corrected chi connectivity index (χ0v) is 25.3. The van der Waals surface area contributed by atoms with Gasteiger partial charge in [-0.15, -0.1) is 5.10 Å². The molecule has 5 rings (SSSR count). The highest BCUT2D eigenvalue weighted by Crippen LogP contribution is 2.40. The maximum atomic E-state index is 14.3. The second-order valence-electron chi connectivity index (χ2n) is 9.23. The van der Waals surface area contributed by atoms with Crippen molar-refractivity contribution in [3.05, 3.63) is 104 Å². The molecule has 12 heteroatoms. The number of hydrogen-bond donors (Lipinski definition) is 1. The van der Waals surface area contributed by atoms with E-state index in [9.17, 15) is 9.18 Å². The van der Waals surface area contributed by atoms with Gasteiger partial charge in [0.15, 0.2) is 11.5 Å². The summed E-state index contributed by atoms with van der Waals surface area (Å²) in [5, 5.41) is 9.36. The van der Waals surface area contributed by atoms with E-state index < -0.39 is 17.8 Å². The molecule has 2 heterocycles. The van der Waals surface area contributed by atoms with Gasteiger partial charge in [0.05, 0.1) is 24.3 Å². The average molecular weight is 630 g/mol. The molecule has 1 aromatic heterocycles. The van der Waals surface area contributed by atoms with Crippen molar-refractivity contribution in [2.75, 3.05) is 19.0 Å². The van der Waals surface area contributed by atoms with E-state index in [0.717, 1.165) is 5.56 Å². The van der Waals surface area contributed by atoms with Crippen LogP contribution in [-0.2, 0) is 21.9 Å². The normalized spacial score (nSPS) is 14.3. The molecule has 1 atom stereocenters. The van der Waals surface area contributed by atoms with E-state index in [2.05, 4.69) is 10.3 Å². The topological polar surface area (TPSA) is 87.5 Å². The molecular formula is C30H27Cl2FN4O4S. The SMILES string of the molecule is CCOc1cc(C2C(C(=O)OC)=C(C)Nc3nc(SCc4ccccc4Cl)nn32)ccc1OCc1c(F)cccc1Cl. The van der Waals surface area contributed by atoms with Crippen LogP contribution in [0.15, 0.2) is 77.1 Å². The minimum Gasteiger partial charge on any atom is -0.490 e. The average Bonchev–Trinajstić information content (AvgIpc) is 3.38. The maximum absolute atomic E-state index is 14.3. The number of esters is 1. The second kappa shape index (κ2) is 13.1. The fourth-order valence-electron chi connectivity index (χ4n) is 4.54. The highest BCUT2D eigenvalue weighted by molar-refractivity contribution is 7.98. The van der Waals surface area contributed by atoms with Crippen LogP contribution < -0.4 is 14.8 Å². The lowest BCUT2D eigenvalue weighted by Crippen LogP contribution is -2.29. The Morgan fingerprint density at radius 3 is 2.60 bits per heavy atom. The van der Waals surface area contributed by atoms with E-state index >= 15 is 0 Å². The van der Waals surface area contributed by atoms with Crippen molar-refractivity contribution in [2.24, 2.45) is 0 Å². The lowest BCUT2D eigenvalue weighted by atomic mass is 9.95. The number of halogens is 3. The van der Waals surface area contributed by atoms with Crippen molar-refractivity contribution in [3.63, 3.8) is 0 Å². The number of hydrogen-bond acceptors (Lipinski definition) is 8. The number of anilines is 1. The highest BCUT2D eigenvalue weighted by Gasteiger charge is 2.35. The summed E-state index contributed by atoms with van der Waals surface area (Å²) in [6, 6.07) is 16.7. The summed E-state index contributed by atoms with van der Waals surface area (Å²) in [4.78, 5) is 17.7. The Hall–Kier alpha value is -3.73. The first-order chi connectivity index (χ1) is 20.3. The standard InChI is InChI=1S/C30H27Cl2FN4O4S/c1-4-40-25-14-18(12-13-24(25)41-15-20-22(32)10-7-11-23(20)33)27-26(28(38)39-3)17(2)34-29-35-30(36-37(27)29)42-16-19-8-5-6-9-21(19)31/h5-14,27H,4,15-16H2,1-3H3,(H,34,35,36). The molecular weight excluding hydrogens is 602 g/mol. The molecule has 1 aliphatic heterocycles. The van der Waals surface area contributed by atoms with Crippen LogP contribution in [-0.4, -0.2) is 34.5 Å².